The summed E-state index contributed by atoms with van der Waals surface area (Å²) < 4.78 is 7.93. The predicted molar refractivity (Wildman–Crippen MR) is 140 cm³/mol. The van der Waals surface area contributed by atoms with Gasteiger partial charge in [0.25, 0.3) is 0 Å². The highest BCUT2D eigenvalue weighted by Crippen LogP contribution is 2.43. The Hall–Kier alpha value is -0.210. The fourth-order valence-corrected chi connectivity index (χ4v) is 6.17. The molecule has 3 rings (SSSR count). The number of rotatable bonds is 7. The molecule has 0 bridgehead atoms. The van der Waals surface area contributed by atoms with E-state index in [1.807, 2.05) is 0 Å². The van der Waals surface area contributed by atoms with Crippen molar-refractivity contribution in [3.8, 4) is 0 Å². The van der Waals surface area contributed by atoms with Gasteiger partial charge >= 0.3 is 0 Å². The van der Waals surface area contributed by atoms with Crippen LogP contribution in [0.15, 0.2) is 41.6 Å². The van der Waals surface area contributed by atoms with Crippen molar-refractivity contribution in [3.63, 3.8) is 0 Å². The van der Waals surface area contributed by atoms with Crippen LogP contribution in [0.1, 0.15) is 64.0 Å². The van der Waals surface area contributed by atoms with Gasteiger partial charge in [0.2, 0.25) is 0 Å². The van der Waals surface area contributed by atoms with Crippen molar-refractivity contribution in [3.05, 3.63) is 52.7 Å². The molecule has 0 unspecified atom stereocenters. The van der Waals surface area contributed by atoms with Crippen molar-refractivity contribution in [1.82, 2.24) is 9.21 Å². The average Bonchev–Trinajstić information content (AvgIpc) is 2.75. The van der Waals surface area contributed by atoms with Gasteiger partial charge in [-0.1, -0.05) is 35.9 Å². The number of nitrogens with zero attached hydrogens (tertiary/aromatic N) is 2. The van der Waals surface area contributed by atoms with Gasteiger partial charge in [0, 0.05) is 29.9 Å². The van der Waals surface area contributed by atoms with Gasteiger partial charge in [0.05, 0.1) is 18.2 Å². The number of hydrogen-bond acceptors (Lipinski definition) is 4. The number of benzene rings is 1. The fourth-order valence-electron chi connectivity index (χ4n) is 4.90. The van der Waals surface area contributed by atoms with E-state index in [2.05, 4.69) is 89.4 Å². The summed E-state index contributed by atoms with van der Waals surface area (Å²) in [7, 11) is 6.26. The van der Waals surface area contributed by atoms with Gasteiger partial charge in [0.15, 0.2) is 0 Å². The van der Waals surface area contributed by atoms with Crippen LogP contribution in [0, 0.1) is 0 Å². The lowest BCUT2D eigenvalue weighted by atomic mass is 9.77. The largest absolute Gasteiger partial charge is 0.367 e. The molecule has 1 saturated carbocycles. The Bertz CT molecular complexity index is 740. The third kappa shape index (κ3) is 6.18. The predicted octanol–water partition coefficient (Wildman–Crippen LogP) is 7.41. The van der Waals surface area contributed by atoms with E-state index in [-0.39, 0.29) is 5.54 Å². The van der Waals surface area contributed by atoms with Gasteiger partial charge in [-0.3, -0.25) is 0 Å². The third-order valence-corrected chi connectivity index (χ3v) is 8.19. The summed E-state index contributed by atoms with van der Waals surface area (Å²) in [4.78, 5) is 2.66. The molecule has 2 aliphatic rings. The first-order valence-corrected chi connectivity index (χ1v) is 13.5. The molecule has 1 spiro atoms. The first-order valence-electron chi connectivity index (χ1n) is 11.0. The van der Waals surface area contributed by atoms with Crippen LogP contribution in [0.3, 0.4) is 0 Å². The Morgan fingerprint density at radius 1 is 1.27 bits per heavy atom. The highest BCUT2D eigenvalue weighted by molar-refractivity contribution is 14.1. The Morgan fingerprint density at radius 2 is 1.97 bits per heavy atom. The Balaban J connectivity index is 1.78. The summed E-state index contributed by atoms with van der Waals surface area (Å²) in [5, 5.41) is 0. The molecular weight excluding hydrogens is 527 g/mol. The molecule has 6 heteroatoms. The number of hydrogen-bond donors (Lipinski definition) is 0. The summed E-state index contributed by atoms with van der Waals surface area (Å²) in [6.07, 6.45) is 11.8. The summed E-state index contributed by atoms with van der Waals surface area (Å²) in [5.74, 6) is 0. The monoisotopic (exact) mass is 560 g/mol. The molecule has 1 aliphatic carbocycles. The second kappa shape index (κ2) is 11.6. The number of allylic oxidation sites excluding steroid dienone is 2. The van der Waals surface area contributed by atoms with Gasteiger partial charge in [-0.2, -0.15) is 0 Å². The molecule has 1 saturated heterocycles. The topological polar surface area (TPSA) is 15.7 Å². The van der Waals surface area contributed by atoms with E-state index in [9.17, 15) is 0 Å². The molecule has 30 heavy (non-hydrogen) atoms. The Morgan fingerprint density at radius 3 is 2.53 bits per heavy atom. The van der Waals surface area contributed by atoms with Crippen LogP contribution in [0.4, 0.5) is 0 Å². The molecule has 0 amide bonds. The molecule has 1 aromatic carbocycles. The van der Waals surface area contributed by atoms with Crippen LogP contribution in [0.5, 0.6) is 0 Å². The van der Waals surface area contributed by atoms with Crippen LogP contribution in [0.25, 0.3) is 6.08 Å². The Labute approximate surface area is 205 Å². The summed E-state index contributed by atoms with van der Waals surface area (Å²) >= 11 is 3.42. The molecule has 1 aromatic rings. The first-order chi connectivity index (χ1) is 14.5. The van der Waals surface area contributed by atoms with E-state index < -0.39 is 0 Å². The van der Waals surface area contributed by atoms with Crippen LogP contribution in [0.2, 0.25) is 0 Å². The number of likely N-dealkylation sites (N-methyl/N-ethyl adjacent to an activating group) is 1. The summed E-state index contributed by atoms with van der Waals surface area (Å²) in [6, 6.07) is 9.08. The van der Waals surface area contributed by atoms with Crippen LogP contribution in [-0.2, 0) is 9.49 Å². The normalized spacial score (nSPS) is 26.4. The zero-order valence-electron chi connectivity index (χ0n) is 18.4. The molecule has 1 aliphatic heterocycles. The molecule has 166 valence electrons. The lowest BCUT2D eigenvalue weighted by Gasteiger charge is -2.54. The second-order valence-electron chi connectivity index (χ2n) is 8.82. The summed E-state index contributed by atoms with van der Waals surface area (Å²) in [6.45, 7) is 9.54. The molecule has 0 aromatic heterocycles. The van der Waals surface area contributed by atoms with Gasteiger partial charge in [-0.15, -0.1) is 0 Å². The number of halogens is 2. The molecule has 0 N–H and O–H groups in total. The molecule has 3 nitrogen and oxygen atoms in total. The molecule has 0 radical (unpaired) electrons. The first kappa shape index (κ1) is 24.4. The van der Waals surface area contributed by atoms with Crippen LogP contribution in [-0.4, -0.2) is 40.5 Å². The van der Waals surface area contributed by atoms with Crippen molar-refractivity contribution >= 4 is 50.9 Å². The SMILES string of the molecule is CCN1/C(=C\c2ccc(CCC=C(C)C)cc2)CN(SCl)CC12CCC(OI)CC2. The quantitative estimate of drug-likeness (QED) is 0.196. The smallest absolute Gasteiger partial charge is 0.110 e. The molecular formula is C24H34ClIN2OS. The minimum atomic E-state index is 0.163. The van der Waals surface area contributed by atoms with Crippen molar-refractivity contribution < 1.29 is 3.07 Å². The van der Waals surface area contributed by atoms with Gasteiger partial charge in [-0.25, -0.2) is 4.31 Å². The van der Waals surface area contributed by atoms with E-state index in [4.69, 9.17) is 13.7 Å². The average molecular weight is 561 g/mol. The number of piperazine rings is 1. The summed E-state index contributed by atoms with van der Waals surface area (Å²) in [5.41, 5.74) is 5.61. The zero-order chi connectivity index (χ0) is 21.6. The maximum atomic E-state index is 6.26. The van der Waals surface area contributed by atoms with E-state index in [0.717, 1.165) is 58.2 Å². The van der Waals surface area contributed by atoms with Crippen LogP contribution >= 0.6 is 44.8 Å². The fraction of sp³-hybridized carbons (Fsp3) is 0.583. The van der Waals surface area contributed by atoms with E-state index in [0.29, 0.717) is 6.10 Å². The third-order valence-electron chi connectivity index (χ3n) is 6.43. The lowest BCUT2D eigenvalue weighted by molar-refractivity contribution is 0.0163. The van der Waals surface area contributed by atoms with Gasteiger partial charge in [-0.05, 0) is 87.2 Å². The standard InChI is InChI=1S/C24H34ClIN2OS/c1-4-28-22(16-21-10-8-20(9-11-21)7-5-6-19(2)3)17-27(30-25)18-24(28)14-12-23(29-26)13-15-24/h6,8-11,16,23H,4-5,7,12-15,17-18H2,1-3H3/b22-16-. The highest BCUT2D eigenvalue weighted by Gasteiger charge is 2.45. The minimum absolute atomic E-state index is 0.163. The minimum Gasteiger partial charge on any atom is -0.367 e. The van der Waals surface area contributed by atoms with Gasteiger partial charge < -0.3 is 7.97 Å². The highest BCUT2D eigenvalue weighted by atomic mass is 127. The van der Waals surface area contributed by atoms with E-state index in [1.54, 1.807) is 0 Å². The van der Waals surface area contributed by atoms with Crippen molar-refractivity contribution in [2.75, 3.05) is 19.6 Å². The second-order valence-corrected chi connectivity index (χ2v) is 10.4. The number of aryl methyl sites for hydroxylation is 1. The Kier molecular flexibility index (Phi) is 9.44. The van der Waals surface area contributed by atoms with Crippen LogP contribution < -0.4 is 0 Å². The van der Waals surface area contributed by atoms with Gasteiger partial charge in [0.1, 0.15) is 23.0 Å². The molecule has 0 atom stereocenters. The maximum Gasteiger partial charge on any atom is 0.110 e. The molecule has 1 heterocycles. The van der Waals surface area contributed by atoms with Crippen molar-refractivity contribution in [2.24, 2.45) is 0 Å². The lowest BCUT2D eigenvalue weighted by Crippen LogP contribution is -2.61. The molecule has 2 fully saturated rings. The maximum absolute atomic E-state index is 6.26. The van der Waals surface area contributed by atoms with Crippen molar-refractivity contribution in [1.29, 1.82) is 0 Å². The zero-order valence-corrected chi connectivity index (χ0v) is 22.1. The van der Waals surface area contributed by atoms with E-state index >= 15 is 0 Å². The van der Waals surface area contributed by atoms with Crippen molar-refractivity contribution in [2.45, 2.75) is 70.9 Å². The van der Waals surface area contributed by atoms with E-state index in [1.165, 1.54) is 33.6 Å².